The first-order valence-corrected chi connectivity index (χ1v) is 9.72. The number of fused-ring (bicyclic) bond motifs is 1. The third-order valence-electron chi connectivity index (χ3n) is 6.46. The Balaban J connectivity index is 1.57. The van der Waals surface area contributed by atoms with Gasteiger partial charge in [-0.3, -0.25) is 14.9 Å². The first-order valence-electron chi connectivity index (χ1n) is 9.72. The lowest BCUT2D eigenvalue weighted by Crippen LogP contribution is -2.47. The number of anilines is 1. The fourth-order valence-electron chi connectivity index (χ4n) is 5.16. The van der Waals surface area contributed by atoms with Crippen LogP contribution in [0.5, 0.6) is 0 Å². The van der Waals surface area contributed by atoms with Gasteiger partial charge in [-0.2, -0.15) is 0 Å². The molecule has 0 radical (unpaired) electrons. The van der Waals surface area contributed by atoms with Gasteiger partial charge in [0.15, 0.2) is 0 Å². The van der Waals surface area contributed by atoms with Gasteiger partial charge in [0.05, 0.1) is 10.3 Å². The highest BCUT2D eigenvalue weighted by Crippen LogP contribution is 2.61. The number of non-ortho nitro benzene ring substituents is 1. The summed E-state index contributed by atoms with van der Waals surface area (Å²) in [4.78, 5) is 24.1. The number of amides is 1. The fraction of sp³-hybridized carbons (Fsp3) is 0.208. The van der Waals surface area contributed by atoms with Crippen LogP contribution in [-0.4, -0.2) is 10.8 Å². The molecular weight excluding hydrogens is 364 g/mol. The number of carbonyl (C=O) groups excluding carboxylic acids is 1. The van der Waals surface area contributed by atoms with Crippen LogP contribution in [0.4, 0.5) is 11.4 Å². The molecule has 3 aromatic rings. The van der Waals surface area contributed by atoms with E-state index in [9.17, 15) is 14.9 Å². The largest absolute Gasteiger partial charge is 0.325 e. The Morgan fingerprint density at radius 3 is 2.14 bits per heavy atom. The van der Waals surface area contributed by atoms with Crippen LogP contribution < -0.4 is 5.32 Å². The zero-order chi connectivity index (χ0) is 20.2. The molecule has 1 atom stereocenters. The molecule has 0 unspecified atom stereocenters. The van der Waals surface area contributed by atoms with Gasteiger partial charge in [-0.1, -0.05) is 54.6 Å². The standard InChI is InChI=1S/C24H20N2O3/c1-24(23(27)25-15-7-6-8-16(13-15)26(28)29)14-21-17-9-2-4-11-19(17)22(24)20-12-5-3-10-18(20)21/h2-13,21-22H,14H2,1H3,(H,25,27)/t21?,22?,24-/m0/s1. The lowest BCUT2D eigenvalue weighted by molar-refractivity contribution is -0.384. The van der Waals surface area contributed by atoms with Crippen molar-refractivity contribution in [1.29, 1.82) is 0 Å². The minimum Gasteiger partial charge on any atom is -0.325 e. The Hall–Kier alpha value is -3.47. The molecule has 0 saturated heterocycles. The van der Waals surface area contributed by atoms with E-state index in [1.54, 1.807) is 12.1 Å². The highest BCUT2D eigenvalue weighted by atomic mass is 16.6. The van der Waals surface area contributed by atoms with E-state index in [1.165, 1.54) is 34.4 Å². The molecule has 0 spiro atoms. The predicted octanol–water partition coefficient (Wildman–Crippen LogP) is 5.22. The lowest BCUT2D eigenvalue weighted by Gasteiger charge is -2.50. The molecule has 0 aromatic heterocycles. The van der Waals surface area contributed by atoms with E-state index in [0.29, 0.717) is 12.1 Å². The van der Waals surface area contributed by atoms with Crippen LogP contribution >= 0.6 is 0 Å². The molecule has 5 nitrogen and oxygen atoms in total. The molecule has 1 amide bonds. The van der Waals surface area contributed by atoms with E-state index >= 15 is 0 Å². The van der Waals surface area contributed by atoms with Crippen molar-refractivity contribution in [2.24, 2.45) is 5.41 Å². The van der Waals surface area contributed by atoms with E-state index in [1.807, 2.05) is 19.1 Å². The van der Waals surface area contributed by atoms with Crippen LogP contribution in [0.15, 0.2) is 72.8 Å². The molecule has 0 fully saturated rings. The number of hydrogen-bond acceptors (Lipinski definition) is 3. The summed E-state index contributed by atoms with van der Waals surface area (Å²) in [6.45, 7) is 2.02. The second kappa shape index (κ2) is 6.27. The molecule has 0 heterocycles. The van der Waals surface area contributed by atoms with Gasteiger partial charge in [0.1, 0.15) is 0 Å². The van der Waals surface area contributed by atoms with E-state index < -0.39 is 10.3 Å². The molecule has 2 bridgehead atoms. The molecule has 0 saturated carbocycles. The first kappa shape index (κ1) is 17.6. The molecule has 0 aliphatic heterocycles. The van der Waals surface area contributed by atoms with Crippen molar-refractivity contribution in [3.63, 3.8) is 0 Å². The molecule has 3 aliphatic rings. The summed E-state index contributed by atoms with van der Waals surface area (Å²) in [5, 5.41) is 14.0. The van der Waals surface area contributed by atoms with E-state index in [0.717, 1.165) is 0 Å². The SMILES string of the molecule is C[C@]1(C(=O)Nc2cccc([N+](=O)[O-])c2)CC2c3ccccc3C1c1ccccc12. The fourth-order valence-corrected chi connectivity index (χ4v) is 5.16. The highest BCUT2D eigenvalue weighted by molar-refractivity contribution is 5.97. The maximum atomic E-state index is 13.5. The van der Waals surface area contributed by atoms with Gasteiger partial charge in [-0.15, -0.1) is 0 Å². The Kier molecular flexibility index (Phi) is 3.81. The highest BCUT2D eigenvalue weighted by Gasteiger charge is 2.53. The van der Waals surface area contributed by atoms with Gasteiger partial charge in [0.25, 0.3) is 5.69 Å². The minimum absolute atomic E-state index is 0.0335. The number of nitrogens with zero attached hydrogens (tertiary/aromatic N) is 1. The number of nitro groups is 1. The molecular formula is C24H20N2O3. The van der Waals surface area contributed by atoms with Crippen molar-refractivity contribution in [2.45, 2.75) is 25.2 Å². The van der Waals surface area contributed by atoms with Crippen molar-refractivity contribution in [1.82, 2.24) is 0 Å². The van der Waals surface area contributed by atoms with E-state index in [4.69, 9.17) is 0 Å². The number of nitro benzene ring substituents is 1. The second-order valence-corrected chi connectivity index (χ2v) is 8.13. The van der Waals surface area contributed by atoms with E-state index in [-0.39, 0.29) is 23.4 Å². The summed E-state index contributed by atoms with van der Waals surface area (Å²) >= 11 is 0. The van der Waals surface area contributed by atoms with Crippen molar-refractivity contribution in [3.8, 4) is 0 Å². The van der Waals surface area contributed by atoms with Crippen LogP contribution in [0.1, 0.15) is 47.4 Å². The van der Waals surface area contributed by atoms with Crippen LogP contribution in [0.25, 0.3) is 0 Å². The summed E-state index contributed by atoms with van der Waals surface area (Å²) in [6.07, 6.45) is 0.715. The molecule has 29 heavy (non-hydrogen) atoms. The topological polar surface area (TPSA) is 72.2 Å². The third kappa shape index (κ3) is 2.58. The quantitative estimate of drug-likeness (QED) is 0.497. The molecule has 6 rings (SSSR count). The van der Waals surface area contributed by atoms with Crippen LogP contribution in [0.3, 0.4) is 0 Å². The van der Waals surface area contributed by atoms with Crippen molar-refractivity contribution in [2.75, 3.05) is 5.32 Å². The van der Waals surface area contributed by atoms with Gasteiger partial charge >= 0.3 is 0 Å². The molecule has 144 valence electrons. The third-order valence-corrected chi connectivity index (χ3v) is 6.46. The first-order chi connectivity index (χ1) is 14.0. The number of benzene rings is 3. The summed E-state index contributed by atoms with van der Waals surface area (Å²) in [7, 11) is 0. The smallest absolute Gasteiger partial charge is 0.271 e. The lowest BCUT2D eigenvalue weighted by atomic mass is 9.52. The van der Waals surface area contributed by atoms with Gasteiger partial charge in [0.2, 0.25) is 5.91 Å². The Labute approximate surface area is 168 Å². The monoisotopic (exact) mass is 384 g/mol. The molecule has 5 heteroatoms. The zero-order valence-corrected chi connectivity index (χ0v) is 16.0. The molecule has 3 aliphatic carbocycles. The second-order valence-electron chi connectivity index (χ2n) is 8.13. The zero-order valence-electron chi connectivity index (χ0n) is 16.0. The summed E-state index contributed by atoms with van der Waals surface area (Å²) < 4.78 is 0. The van der Waals surface area contributed by atoms with Crippen LogP contribution in [0.2, 0.25) is 0 Å². The Morgan fingerprint density at radius 1 is 0.966 bits per heavy atom. The average molecular weight is 384 g/mol. The summed E-state index contributed by atoms with van der Waals surface area (Å²) in [5.74, 6) is 0.0314. The minimum atomic E-state index is -0.641. The van der Waals surface area contributed by atoms with Crippen molar-refractivity contribution in [3.05, 3.63) is 105 Å². The molecule has 1 N–H and O–H groups in total. The number of rotatable bonds is 3. The predicted molar refractivity (Wildman–Crippen MR) is 111 cm³/mol. The normalized spacial score (nSPS) is 23.8. The van der Waals surface area contributed by atoms with Gasteiger partial charge in [-0.05, 0) is 41.7 Å². The van der Waals surface area contributed by atoms with Gasteiger partial charge in [-0.25, -0.2) is 0 Å². The summed E-state index contributed by atoms with van der Waals surface area (Å²) in [6, 6.07) is 22.9. The Morgan fingerprint density at radius 2 is 1.55 bits per heavy atom. The maximum absolute atomic E-state index is 13.5. The number of hydrogen-bond donors (Lipinski definition) is 1. The van der Waals surface area contributed by atoms with Crippen LogP contribution in [-0.2, 0) is 4.79 Å². The molecule has 3 aromatic carbocycles. The van der Waals surface area contributed by atoms with E-state index in [2.05, 4.69) is 41.7 Å². The number of nitrogens with one attached hydrogen (secondary N) is 1. The van der Waals surface area contributed by atoms with Crippen LogP contribution in [0, 0.1) is 15.5 Å². The van der Waals surface area contributed by atoms with Gasteiger partial charge in [0, 0.05) is 29.7 Å². The number of carbonyl (C=O) groups is 1. The van der Waals surface area contributed by atoms with Crippen molar-refractivity contribution < 1.29 is 9.72 Å². The van der Waals surface area contributed by atoms with Gasteiger partial charge < -0.3 is 5.32 Å². The van der Waals surface area contributed by atoms with Crippen molar-refractivity contribution >= 4 is 17.3 Å². The summed E-state index contributed by atoms with van der Waals surface area (Å²) in [5.41, 5.74) is 4.80. The average Bonchev–Trinajstić information content (AvgIpc) is 2.74. The maximum Gasteiger partial charge on any atom is 0.271 e. The Bertz CT molecular complexity index is 1110.